The first-order valence-corrected chi connectivity index (χ1v) is 5.19. The minimum atomic E-state index is 0.360. The van der Waals surface area contributed by atoms with Crippen molar-refractivity contribution in [2.75, 3.05) is 20.1 Å². The molecule has 0 aromatic carbocycles. The SMILES string of the molecule is CN1C/C(=C/C(=N)P)NC2(CC2)C1. The summed E-state index contributed by atoms with van der Waals surface area (Å²) in [5.74, 6) is 0. The van der Waals surface area contributed by atoms with Crippen LogP contribution < -0.4 is 5.32 Å². The number of hydrogen-bond donors (Lipinski definition) is 2. The Bertz CT molecular complexity index is 268. The summed E-state index contributed by atoms with van der Waals surface area (Å²) in [6, 6.07) is 0. The zero-order chi connectivity index (χ0) is 9.47. The molecule has 0 aromatic heterocycles. The lowest BCUT2D eigenvalue weighted by Crippen LogP contribution is -2.49. The van der Waals surface area contributed by atoms with Gasteiger partial charge in [0.25, 0.3) is 0 Å². The van der Waals surface area contributed by atoms with Crippen molar-refractivity contribution < 1.29 is 0 Å². The average Bonchev–Trinajstić information content (AvgIpc) is 2.64. The van der Waals surface area contributed by atoms with Crippen LogP contribution in [0.5, 0.6) is 0 Å². The molecule has 2 fully saturated rings. The molecular weight excluding hydrogens is 181 g/mol. The number of nitrogens with one attached hydrogen (secondary N) is 2. The van der Waals surface area contributed by atoms with Gasteiger partial charge in [-0.3, -0.25) is 4.90 Å². The van der Waals surface area contributed by atoms with E-state index in [2.05, 4.69) is 26.5 Å². The molecule has 1 saturated heterocycles. The van der Waals surface area contributed by atoms with Crippen LogP contribution >= 0.6 is 9.24 Å². The molecule has 2 N–H and O–H groups in total. The third kappa shape index (κ3) is 2.09. The summed E-state index contributed by atoms with van der Waals surface area (Å²) < 4.78 is 0. The number of piperazine rings is 1. The first kappa shape index (κ1) is 9.17. The van der Waals surface area contributed by atoms with Gasteiger partial charge in [0.05, 0.1) is 0 Å². The molecular formula is C9H16N3P. The molecule has 1 unspecified atom stereocenters. The molecule has 0 aromatic rings. The molecule has 1 spiro atoms. The minimum absolute atomic E-state index is 0.360. The van der Waals surface area contributed by atoms with Crippen molar-refractivity contribution in [3.8, 4) is 0 Å². The molecule has 4 heteroatoms. The molecule has 1 aliphatic heterocycles. The van der Waals surface area contributed by atoms with Crippen molar-refractivity contribution in [2.45, 2.75) is 18.4 Å². The Morgan fingerprint density at radius 3 is 2.92 bits per heavy atom. The molecule has 2 rings (SSSR count). The highest BCUT2D eigenvalue weighted by Gasteiger charge is 2.46. The predicted molar refractivity (Wildman–Crippen MR) is 58.1 cm³/mol. The van der Waals surface area contributed by atoms with Gasteiger partial charge < -0.3 is 10.7 Å². The van der Waals surface area contributed by atoms with Crippen LogP contribution in [0, 0.1) is 5.41 Å². The van der Waals surface area contributed by atoms with Crippen molar-refractivity contribution in [2.24, 2.45) is 0 Å². The summed E-state index contributed by atoms with van der Waals surface area (Å²) in [6.45, 7) is 2.09. The van der Waals surface area contributed by atoms with E-state index in [0.29, 0.717) is 11.0 Å². The average molecular weight is 197 g/mol. The Morgan fingerprint density at radius 2 is 2.38 bits per heavy atom. The van der Waals surface area contributed by atoms with Crippen molar-refractivity contribution >= 4 is 14.7 Å². The minimum Gasteiger partial charge on any atom is -0.380 e. The highest BCUT2D eigenvalue weighted by Crippen LogP contribution is 2.38. The largest absolute Gasteiger partial charge is 0.380 e. The van der Waals surface area contributed by atoms with E-state index in [9.17, 15) is 0 Å². The lowest BCUT2D eigenvalue weighted by molar-refractivity contribution is 0.259. The van der Waals surface area contributed by atoms with Crippen LogP contribution in [0.2, 0.25) is 0 Å². The Hall–Kier alpha value is -0.400. The van der Waals surface area contributed by atoms with Gasteiger partial charge in [0.1, 0.15) is 0 Å². The van der Waals surface area contributed by atoms with Gasteiger partial charge in [0, 0.05) is 29.8 Å². The normalized spacial score (nSPS) is 28.9. The molecule has 3 nitrogen and oxygen atoms in total. The molecule has 13 heavy (non-hydrogen) atoms. The summed E-state index contributed by atoms with van der Waals surface area (Å²) in [6.07, 6.45) is 4.46. The third-order valence-corrected chi connectivity index (χ3v) is 2.79. The van der Waals surface area contributed by atoms with Crippen LogP contribution in [-0.2, 0) is 0 Å². The topological polar surface area (TPSA) is 39.1 Å². The van der Waals surface area contributed by atoms with E-state index < -0.39 is 0 Å². The Labute approximate surface area is 81.3 Å². The monoisotopic (exact) mass is 197 g/mol. The van der Waals surface area contributed by atoms with Gasteiger partial charge in [0.15, 0.2) is 0 Å². The van der Waals surface area contributed by atoms with Crippen LogP contribution in [0.15, 0.2) is 11.8 Å². The van der Waals surface area contributed by atoms with E-state index >= 15 is 0 Å². The molecule has 2 aliphatic rings. The Balaban J connectivity index is 2.09. The molecule has 1 aliphatic carbocycles. The maximum absolute atomic E-state index is 7.37. The third-order valence-electron chi connectivity index (χ3n) is 2.62. The second-order valence-corrected chi connectivity index (χ2v) is 4.82. The van der Waals surface area contributed by atoms with E-state index in [1.165, 1.54) is 18.5 Å². The molecule has 1 heterocycles. The quantitative estimate of drug-likeness (QED) is 0.482. The fourth-order valence-corrected chi connectivity index (χ4v) is 2.19. The van der Waals surface area contributed by atoms with Crippen LogP contribution in [0.3, 0.4) is 0 Å². The van der Waals surface area contributed by atoms with E-state index in [1.54, 1.807) is 0 Å². The molecule has 1 saturated carbocycles. The van der Waals surface area contributed by atoms with Gasteiger partial charge in [0.2, 0.25) is 0 Å². The lowest BCUT2D eigenvalue weighted by Gasteiger charge is -2.33. The molecule has 0 bridgehead atoms. The Kier molecular flexibility index (Phi) is 2.17. The van der Waals surface area contributed by atoms with E-state index in [4.69, 9.17) is 5.41 Å². The zero-order valence-electron chi connectivity index (χ0n) is 7.93. The van der Waals surface area contributed by atoms with Crippen molar-refractivity contribution in [1.82, 2.24) is 10.2 Å². The number of allylic oxidation sites excluding steroid dienone is 1. The second-order valence-electron chi connectivity index (χ2n) is 4.20. The fourth-order valence-electron chi connectivity index (χ4n) is 1.99. The van der Waals surface area contributed by atoms with E-state index in [1.807, 2.05) is 6.08 Å². The highest BCUT2D eigenvalue weighted by molar-refractivity contribution is 7.41. The molecule has 1 atom stereocenters. The first-order valence-electron chi connectivity index (χ1n) is 4.61. The van der Waals surface area contributed by atoms with Crippen molar-refractivity contribution in [3.63, 3.8) is 0 Å². The summed E-state index contributed by atoms with van der Waals surface area (Å²) in [5, 5.41) is 10.9. The smallest absolute Gasteiger partial charge is 0.0499 e. The maximum Gasteiger partial charge on any atom is 0.0499 e. The van der Waals surface area contributed by atoms with Gasteiger partial charge in [-0.05, 0) is 26.0 Å². The number of nitrogens with zero attached hydrogens (tertiary/aromatic N) is 1. The first-order chi connectivity index (χ1) is 6.10. The van der Waals surface area contributed by atoms with Gasteiger partial charge >= 0.3 is 0 Å². The fraction of sp³-hybridized carbons (Fsp3) is 0.667. The van der Waals surface area contributed by atoms with E-state index in [-0.39, 0.29) is 0 Å². The summed E-state index contributed by atoms with van der Waals surface area (Å²) in [5.41, 5.74) is 2.10. The zero-order valence-corrected chi connectivity index (χ0v) is 9.09. The number of rotatable bonds is 1. The molecule has 0 radical (unpaired) electrons. The summed E-state index contributed by atoms with van der Waals surface area (Å²) >= 11 is 0. The van der Waals surface area contributed by atoms with Gasteiger partial charge in [-0.15, -0.1) is 0 Å². The standard InChI is InChI=1S/C9H16N3P/c1-12-5-7(4-8(10)13)11-9(6-12)2-3-9/h4,10-11H,2-3,5-6,13H2,1H3/b7-4-,10-8?. The van der Waals surface area contributed by atoms with Crippen LogP contribution in [0.25, 0.3) is 0 Å². The van der Waals surface area contributed by atoms with Crippen molar-refractivity contribution in [1.29, 1.82) is 5.41 Å². The highest BCUT2D eigenvalue weighted by atomic mass is 31.0. The Morgan fingerprint density at radius 1 is 1.69 bits per heavy atom. The van der Waals surface area contributed by atoms with Crippen LogP contribution in [0.4, 0.5) is 0 Å². The molecule has 0 amide bonds. The van der Waals surface area contributed by atoms with Gasteiger partial charge in [-0.1, -0.05) is 9.24 Å². The van der Waals surface area contributed by atoms with Crippen molar-refractivity contribution in [3.05, 3.63) is 11.8 Å². The second kappa shape index (κ2) is 3.07. The predicted octanol–water partition coefficient (Wildman–Crippen LogP) is 0.790. The lowest BCUT2D eigenvalue weighted by atomic mass is 10.1. The number of likely N-dealkylation sites (N-methyl/N-ethyl adjacent to an activating group) is 1. The number of hydrogen-bond acceptors (Lipinski definition) is 3. The van der Waals surface area contributed by atoms with Gasteiger partial charge in [-0.2, -0.15) is 0 Å². The van der Waals surface area contributed by atoms with Crippen LogP contribution in [-0.4, -0.2) is 36.0 Å². The van der Waals surface area contributed by atoms with E-state index in [0.717, 1.165) is 13.1 Å². The maximum atomic E-state index is 7.37. The van der Waals surface area contributed by atoms with Crippen LogP contribution in [0.1, 0.15) is 12.8 Å². The summed E-state index contributed by atoms with van der Waals surface area (Å²) in [7, 11) is 4.55. The molecule has 72 valence electrons. The van der Waals surface area contributed by atoms with Gasteiger partial charge in [-0.25, -0.2) is 0 Å². The summed E-state index contributed by atoms with van der Waals surface area (Å²) in [4.78, 5) is 2.32.